The average molecular weight is 339 g/mol. The molecule has 0 aliphatic rings. The summed E-state index contributed by atoms with van der Waals surface area (Å²) in [6.45, 7) is -0.0782. The van der Waals surface area contributed by atoms with Crippen molar-refractivity contribution >= 4 is 51.2 Å². The summed E-state index contributed by atoms with van der Waals surface area (Å²) in [5, 5.41) is 0.845. The molecule has 7 heteroatoms. The number of fused-ring (bicyclic) bond motifs is 1. The lowest BCUT2D eigenvalue weighted by Gasteiger charge is -2.05. The van der Waals surface area contributed by atoms with Gasteiger partial charge in [0.15, 0.2) is 5.78 Å². The van der Waals surface area contributed by atoms with E-state index in [4.69, 9.17) is 23.2 Å². The highest BCUT2D eigenvalue weighted by Crippen LogP contribution is 2.22. The Morgan fingerprint density at radius 3 is 2.76 bits per heavy atom. The van der Waals surface area contributed by atoms with E-state index in [1.54, 1.807) is 30.3 Å². The molecule has 0 aliphatic heterocycles. The zero-order valence-electron chi connectivity index (χ0n) is 10.5. The van der Waals surface area contributed by atoms with Crippen molar-refractivity contribution in [1.29, 1.82) is 0 Å². The lowest BCUT2D eigenvalue weighted by molar-refractivity contribution is 0.0974. The maximum Gasteiger partial charge on any atom is 0.261 e. The van der Waals surface area contributed by atoms with Crippen molar-refractivity contribution < 1.29 is 4.79 Å². The first-order valence-electron chi connectivity index (χ1n) is 5.98. The summed E-state index contributed by atoms with van der Waals surface area (Å²) in [4.78, 5) is 29.1. The van der Waals surface area contributed by atoms with Crippen LogP contribution in [0, 0.1) is 0 Å². The number of hydrogen-bond acceptors (Lipinski definition) is 4. The molecule has 0 bridgehead atoms. The fourth-order valence-corrected chi connectivity index (χ4v) is 3.09. The quantitative estimate of drug-likeness (QED) is 0.685. The van der Waals surface area contributed by atoms with E-state index in [1.165, 1.54) is 22.2 Å². The van der Waals surface area contributed by atoms with E-state index in [9.17, 15) is 9.59 Å². The summed E-state index contributed by atoms with van der Waals surface area (Å²) in [6, 6.07) is 8.19. The molecular formula is C14H8Cl2N2O2S. The molecule has 0 unspecified atom stereocenters. The highest BCUT2D eigenvalue weighted by Gasteiger charge is 2.12. The molecule has 0 saturated carbocycles. The number of carbonyl (C=O) groups excluding carboxylic acids is 1. The third-order valence-electron chi connectivity index (χ3n) is 2.95. The number of thiophene rings is 1. The molecule has 0 radical (unpaired) electrons. The highest BCUT2D eigenvalue weighted by molar-refractivity contribution is 7.18. The molecule has 0 N–H and O–H groups in total. The van der Waals surface area contributed by atoms with Gasteiger partial charge in [-0.2, -0.15) is 0 Å². The average Bonchev–Trinajstić information content (AvgIpc) is 2.89. The van der Waals surface area contributed by atoms with E-state index in [2.05, 4.69) is 4.98 Å². The van der Waals surface area contributed by atoms with Gasteiger partial charge in [0, 0.05) is 5.02 Å². The number of nitrogens with zero attached hydrogens (tertiary/aromatic N) is 2. The Bertz CT molecular complexity index is 901. The van der Waals surface area contributed by atoms with Crippen LogP contribution in [-0.4, -0.2) is 15.3 Å². The number of carbonyl (C=O) groups is 1. The monoisotopic (exact) mass is 338 g/mol. The van der Waals surface area contributed by atoms with E-state index in [0.29, 0.717) is 25.1 Å². The number of benzene rings is 1. The maximum atomic E-state index is 12.3. The zero-order valence-corrected chi connectivity index (χ0v) is 12.9. The van der Waals surface area contributed by atoms with Crippen LogP contribution in [0.15, 0.2) is 41.5 Å². The van der Waals surface area contributed by atoms with Gasteiger partial charge in [0.2, 0.25) is 0 Å². The van der Waals surface area contributed by atoms with Crippen molar-refractivity contribution in [3.8, 4) is 0 Å². The van der Waals surface area contributed by atoms with Crippen molar-refractivity contribution in [1.82, 2.24) is 9.55 Å². The maximum absolute atomic E-state index is 12.3. The van der Waals surface area contributed by atoms with E-state index in [1.807, 2.05) is 0 Å². The number of ketones is 1. The standard InChI is InChI=1S/C14H8Cl2N2O2S/c15-8-1-2-10-9(5-8)14(20)18(7-17-10)6-11(19)12-3-4-13(16)21-12/h1-5,7H,6H2. The highest BCUT2D eigenvalue weighted by atomic mass is 35.5. The van der Waals surface area contributed by atoms with Crippen LogP contribution in [0.3, 0.4) is 0 Å². The zero-order chi connectivity index (χ0) is 15.0. The number of rotatable bonds is 3. The Hall–Kier alpha value is -1.69. The normalized spacial score (nSPS) is 11.0. The Balaban J connectivity index is 1.99. The molecule has 0 fully saturated rings. The van der Waals surface area contributed by atoms with Gasteiger partial charge in [0.05, 0.1) is 33.0 Å². The van der Waals surface area contributed by atoms with Crippen LogP contribution in [0.5, 0.6) is 0 Å². The van der Waals surface area contributed by atoms with E-state index < -0.39 is 0 Å². The van der Waals surface area contributed by atoms with Crippen molar-refractivity contribution in [2.75, 3.05) is 0 Å². The number of Topliss-reactive ketones (excluding diaryl/α,β-unsaturated/α-hetero) is 1. The minimum absolute atomic E-state index is 0.0782. The summed E-state index contributed by atoms with van der Waals surface area (Å²) in [7, 11) is 0. The Kier molecular flexibility index (Phi) is 3.80. The van der Waals surface area contributed by atoms with Gasteiger partial charge in [-0.25, -0.2) is 4.98 Å². The van der Waals surface area contributed by atoms with Crippen LogP contribution in [-0.2, 0) is 6.54 Å². The molecule has 0 amide bonds. The molecule has 3 rings (SSSR count). The van der Waals surface area contributed by atoms with Gasteiger partial charge in [-0.3, -0.25) is 14.2 Å². The van der Waals surface area contributed by atoms with Crippen molar-refractivity contribution in [2.24, 2.45) is 0 Å². The van der Waals surface area contributed by atoms with Gasteiger partial charge in [0.25, 0.3) is 5.56 Å². The predicted octanol–water partition coefficient (Wildman–Crippen LogP) is 3.65. The van der Waals surface area contributed by atoms with Crippen LogP contribution in [0.1, 0.15) is 9.67 Å². The topological polar surface area (TPSA) is 52.0 Å². The van der Waals surface area contributed by atoms with Gasteiger partial charge in [-0.1, -0.05) is 23.2 Å². The first kappa shape index (κ1) is 14.3. The lowest BCUT2D eigenvalue weighted by Crippen LogP contribution is -2.24. The molecule has 0 aliphatic carbocycles. The molecule has 0 spiro atoms. The first-order chi connectivity index (χ1) is 10.0. The van der Waals surface area contributed by atoms with Crippen LogP contribution in [0.4, 0.5) is 0 Å². The largest absolute Gasteiger partial charge is 0.291 e. The van der Waals surface area contributed by atoms with Gasteiger partial charge in [-0.15, -0.1) is 11.3 Å². The second kappa shape index (κ2) is 5.60. The number of halogens is 2. The third-order valence-corrected chi connectivity index (χ3v) is 4.46. The molecular weight excluding hydrogens is 331 g/mol. The van der Waals surface area contributed by atoms with Crippen molar-refractivity contribution in [2.45, 2.75) is 6.54 Å². The van der Waals surface area contributed by atoms with E-state index in [0.717, 1.165) is 0 Å². The van der Waals surface area contributed by atoms with Crippen molar-refractivity contribution in [3.05, 3.63) is 61.2 Å². The Morgan fingerprint density at radius 1 is 1.24 bits per heavy atom. The molecule has 2 aromatic heterocycles. The van der Waals surface area contributed by atoms with Crippen LogP contribution in [0.2, 0.25) is 9.36 Å². The molecule has 3 aromatic rings. The third kappa shape index (κ3) is 2.85. The Morgan fingerprint density at radius 2 is 2.05 bits per heavy atom. The van der Waals surface area contributed by atoms with Gasteiger partial charge < -0.3 is 0 Å². The summed E-state index contributed by atoms with van der Waals surface area (Å²) in [5.74, 6) is -0.183. The van der Waals surface area contributed by atoms with Gasteiger partial charge in [-0.05, 0) is 30.3 Å². The molecule has 2 heterocycles. The molecule has 1 aromatic carbocycles. The summed E-state index contributed by atoms with van der Waals surface area (Å²) in [6.07, 6.45) is 1.37. The summed E-state index contributed by atoms with van der Waals surface area (Å²) >= 11 is 12.9. The van der Waals surface area contributed by atoms with Crippen LogP contribution < -0.4 is 5.56 Å². The molecule has 0 saturated heterocycles. The predicted molar refractivity (Wildman–Crippen MR) is 84.7 cm³/mol. The van der Waals surface area contributed by atoms with Crippen molar-refractivity contribution in [3.63, 3.8) is 0 Å². The minimum atomic E-state index is -0.293. The second-order valence-electron chi connectivity index (χ2n) is 4.37. The van der Waals surface area contributed by atoms with E-state index >= 15 is 0 Å². The summed E-state index contributed by atoms with van der Waals surface area (Å²) in [5.41, 5.74) is 0.255. The fourth-order valence-electron chi connectivity index (χ4n) is 1.94. The second-order valence-corrected chi connectivity index (χ2v) is 6.52. The van der Waals surface area contributed by atoms with Crippen LogP contribution >= 0.6 is 34.5 Å². The molecule has 106 valence electrons. The number of hydrogen-bond donors (Lipinski definition) is 0. The summed E-state index contributed by atoms with van der Waals surface area (Å²) < 4.78 is 1.81. The van der Waals surface area contributed by atoms with Gasteiger partial charge in [0.1, 0.15) is 0 Å². The van der Waals surface area contributed by atoms with Crippen LogP contribution in [0.25, 0.3) is 10.9 Å². The molecule has 4 nitrogen and oxygen atoms in total. The smallest absolute Gasteiger partial charge is 0.261 e. The van der Waals surface area contributed by atoms with Gasteiger partial charge >= 0.3 is 0 Å². The molecule has 21 heavy (non-hydrogen) atoms. The lowest BCUT2D eigenvalue weighted by atomic mass is 10.2. The SMILES string of the molecule is O=C(Cn1cnc2ccc(Cl)cc2c1=O)c1ccc(Cl)s1. The first-order valence-corrected chi connectivity index (χ1v) is 7.55. The van der Waals surface area contributed by atoms with E-state index in [-0.39, 0.29) is 17.9 Å². The minimum Gasteiger partial charge on any atom is -0.291 e. The fraction of sp³-hybridized carbons (Fsp3) is 0.0714. The molecule has 0 atom stereocenters. The Labute approximate surface area is 133 Å². The number of aromatic nitrogens is 2.